The summed E-state index contributed by atoms with van der Waals surface area (Å²) in [6, 6.07) is 11.2. The molecule has 0 aliphatic carbocycles. The van der Waals surface area contributed by atoms with Crippen molar-refractivity contribution < 1.29 is 13.9 Å². The van der Waals surface area contributed by atoms with Crippen LogP contribution in [0.25, 0.3) is 11.1 Å². The molecule has 2 nitrogen and oxygen atoms in total. The average molecular weight is 230 g/mol. The number of carbonyl (C=O) groups excluding carboxylic acids is 1. The van der Waals surface area contributed by atoms with E-state index >= 15 is 0 Å². The second-order valence-electron chi connectivity index (χ2n) is 3.55. The lowest BCUT2D eigenvalue weighted by Crippen LogP contribution is -1.93. The van der Waals surface area contributed by atoms with Gasteiger partial charge in [0.05, 0.1) is 7.11 Å². The van der Waals surface area contributed by atoms with Crippen molar-refractivity contribution in [1.29, 1.82) is 0 Å². The van der Waals surface area contributed by atoms with Gasteiger partial charge in [-0.05, 0) is 23.8 Å². The minimum Gasteiger partial charge on any atom is -0.496 e. The van der Waals surface area contributed by atoms with Gasteiger partial charge in [-0.3, -0.25) is 4.79 Å². The van der Waals surface area contributed by atoms with E-state index in [0.717, 1.165) is 11.8 Å². The molecule has 2 rings (SSSR count). The van der Waals surface area contributed by atoms with Crippen LogP contribution in [0.15, 0.2) is 42.5 Å². The van der Waals surface area contributed by atoms with Crippen LogP contribution < -0.4 is 4.74 Å². The van der Waals surface area contributed by atoms with Crippen molar-refractivity contribution in [3.8, 4) is 16.9 Å². The molecule has 0 N–H and O–H groups in total. The molecule has 0 fully saturated rings. The summed E-state index contributed by atoms with van der Waals surface area (Å²) < 4.78 is 18.1. The van der Waals surface area contributed by atoms with E-state index in [1.54, 1.807) is 30.3 Å². The van der Waals surface area contributed by atoms with Gasteiger partial charge in [-0.25, -0.2) is 4.39 Å². The number of carbonyl (C=O) groups is 1. The number of rotatable bonds is 3. The topological polar surface area (TPSA) is 26.3 Å². The second-order valence-corrected chi connectivity index (χ2v) is 3.55. The third kappa shape index (κ3) is 2.18. The van der Waals surface area contributed by atoms with Crippen LogP contribution >= 0.6 is 0 Å². The van der Waals surface area contributed by atoms with Crippen molar-refractivity contribution >= 4 is 6.29 Å². The molecule has 0 aliphatic heterocycles. The Hall–Kier alpha value is -2.16. The fourth-order valence-electron chi connectivity index (χ4n) is 1.74. The lowest BCUT2D eigenvalue weighted by Gasteiger charge is -2.10. The van der Waals surface area contributed by atoms with E-state index < -0.39 is 0 Å². The first-order valence-electron chi connectivity index (χ1n) is 5.14. The van der Waals surface area contributed by atoms with E-state index in [2.05, 4.69) is 0 Å². The largest absolute Gasteiger partial charge is 0.496 e. The third-order valence-electron chi connectivity index (χ3n) is 2.54. The molecule has 2 aromatic rings. The highest BCUT2D eigenvalue weighted by atomic mass is 19.1. The van der Waals surface area contributed by atoms with Crippen LogP contribution in [0, 0.1) is 5.82 Å². The van der Waals surface area contributed by atoms with Gasteiger partial charge in [0.2, 0.25) is 0 Å². The number of benzene rings is 2. The lowest BCUT2D eigenvalue weighted by molar-refractivity contribution is 0.112. The number of hydrogen-bond donors (Lipinski definition) is 0. The monoisotopic (exact) mass is 230 g/mol. The maximum atomic E-state index is 12.9. The Bertz CT molecular complexity index is 532. The quantitative estimate of drug-likeness (QED) is 0.756. The van der Waals surface area contributed by atoms with Crippen molar-refractivity contribution in [2.24, 2.45) is 0 Å². The van der Waals surface area contributed by atoms with Gasteiger partial charge in [-0.2, -0.15) is 0 Å². The molecule has 0 amide bonds. The number of hydrogen-bond acceptors (Lipinski definition) is 2. The summed E-state index contributed by atoms with van der Waals surface area (Å²) in [7, 11) is 1.54. The summed E-state index contributed by atoms with van der Waals surface area (Å²) in [5.41, 5.74) is 1.96. The van der Waals surface area contributed by atoms with E-state index in [0.29, 0.717) is 16.9 Å². The molecule has 2 aromatic carbocycles. The molecule has 0 atom stereocenters. The smallest absolute Gasteiger partial charge is 0.150 e. The Balaban J connectivity index is 2.63. The molecule has 0 heterocycles. The Kier molecular flexibility index (Phi) is 3.19. The molecule has 0 radical (unpaired) electrons. The van der Waals surface area contributed by atoms with Gasteiger partial charge < -0.3 is 4.74 Å². The SMILES string of the molecule is COc1cccc(C=O)c1-c1ccc(F)cc1. The zero-order valence-corrected chi connectivity index (χ0v) is 9.31. The van der Waals surface area contributed by atoms with Gasteiger partial charge in [0.15, 0.2) is 6.29 Å². The lowest BCUT2D eigenvalue weighted by atomic mass is 9.99. The highest BCUT2D eigenvalue weighted by Crippen LogP contribution is 2.32. The number of halogens is 1. The van der Waals surface area contributed by atoms with Gasteiger partial charge >= 0.3 is 0 Å². The van der Waals surface area contributed by atoms with E-state index in [1.807, 2.05) is 0 Å². The van der Waals surface area contributed by atoms with Crippen molar-refractivity contribution in [3.63, 3.8) is 0 Å². The molecule has 0 saturated heterocycles. The highest BCUT2D eigenvalue weighted by molar-refractivity contribution is 5.90. The summed E-state index contributed by atoms with van der Waals surface area (Å²) in [6.07, 6.45) is 0.765. The van der Waals surface area contributed by atoms with Gasteiger partial charge in [0.25, 0.3) is 0 Å². The average Bonchev–Trinajstić information content (AvgIpc) is 2.38. The van der Waals surface area contributed by atoms with Crippen molar-refractivity contribution in [1.82, 2.24) is 0 Å². The molecule has 3 heteroatoms. The van der Waals surface area contributed by atoms with Gasteiger partial charge in [0, 0.05) is 11.1 Å². The van der Waals surface area contributed by atoms with E-state index in [1.165, 1.54) is 19.2 Å². The summed E-state index contributed by atoms with van der Waals surface area (Å²) in [6.45, 7) is 0. The number of ether oxygens (including phenoxy) is 1. The van der Waals surface area contributed by atoms with Crippen LogP contribution in [0.3, 0.4) is 0 Å². The molecular formula is C14H11FO2. The van der Waals surface area contributed by atoms with Crippen LogP contribution in [0.5, 0.6) is 5.75 Å². The van der Waals surface area contributed by atoms with Crippen LogP contribution in [-0.2, 0) is 0 Å². The molecule has 0 aliphatic rings. The highest BCUT2D eigenvalue weighted by Gasteiger charge is 2.10. The van der Waals surface area contributed by atoms with Crippen LogP contribution in [-0.4, -0.2) is 13.4 Å². The summed E-state index contributed by atoms with van der Waals surface area (Å²) >= 11 is 0. The van der Waals surface area contributed by atoms with Crippen LogP contribution in [0.2, 0.25) is 0 Å². The fourth-order valence-corrected chi connectivity index (χ4v) is 1.74. The fraction of sp³-hybridized carbons (Fsp3) is 0.0714. The standard InChI is InChI=1S/C14H11FO2/c1-17-13-4-2-3-11(9-16)14(13)10-5-7-12(15)8-6-10/h2-9H,1H3. The molecule has 0 bridgehead atoms. The zero-order chi connectivity index (χ0) is 12.3. The zero-order valence-electron chi connectivity index (χ0n) is 9.31. The van der Waals surface area contributed by atoms with E-state index in [4.69, 9.17) is 4.74 Å². The minimum absolute atomic E-state index is 0.309. The summed E-state index contributed by atoms with van der Waals surface area (Å²) in [5, 5.41) is 0. The maximum Gasteiger partial charge on any atom is 0.150 e. The number of aldehydes is 1. The molecular weight excluding hydrogens is 219 g/mol. The van der Waals surface area contributed by atoms with Crippen LogP contribution in [0.1, 0.15) is 10.4 Å². The Morgan fingerprint density at radius 2 is 1.82 bits per heavy atom. The Morgan fingerprint density at radius 1 is 1.12 bits per heavy atom. The molecule has 17 heavy (non-hydrogen) atoms. The van der Waals surface area contributed by atoms with Gasteiger partial charge in [-0.1, -0.05) is 24.3 Å². The first-order chi connectivity index (χ1) is 8.26. The predicted molar refractivity (Wildman–Crippen MR) is 63.8 cm³/mol. The van der Waals surface area contributed by atoms with Crippen LogP contribution in [0.4, 0.5) is 4.39 Å². The normalized spacial score (nSPS) is 10.0. The van der Waals surface area contributed by atoms with Crippen molar-refractivity contribution in [3.05, 3.63) is 53.8 Å². The maximum absolute atomic E-state index is 12.9. The summed E-state index contributed by atoms with van der Waals surface area (Å²) in [5.74, 6) is 0.289. The third-order valence-corrected chi connectivity index (χ3v) is 2.54. The Morgan fingerprint density at radius 3 is 2.41 bits per heavy atom. The van der Waals surface area contributed by atoms with E-state index in [-0.39, 0.29) is 5.82 Å². The Labute approximate surface area is 98.7 Å². The first-order valence-corrected chi connectivity index (χ1v) is 5.14. The van der Waals surface area contributed by atoms with Crippen molar-refractivity contribution in [2.75, 3.05) is 7.11 Å². The molecule has 0 unspecified atom stereocenters. The van der Waals surface area contributed by atoms with Gasteiger partial charge in [0.1, 0.15) is 11.6 Å². The molecule has 0 aromatic heterocycles. The minimum atomic E-state index is -0.309. The number of methoxy groups -OCH3 is 1. The molecule has 86 valence electrons. The van der Waals surface area contributed by atoms with Crippen molar-refractivity contribution in [2.45, 2.75) is 0 Å². The predicted octanol–water partition coefficient (Wildman–Crippen LogP) is 3.31. The first kappa shape index (κ1) is 11.3. The van der Waals surface area contributed by atoms with Gasteiger partial charge in [-0.15, -0.1) is 0 Å². The summed E-state index contributed by atoms with van der Waals surface area (Å²) in [4.78, 5) is 11.0. The molecule has 0 saturated carbocycles. The molecule has 0 spiro atoms. The van der Waals surface area contributed by atoms with E-state index in [9.17, 15) is 9.18 Å². The second kappa shape index (κ2) is 4.78.